The summed E-state index contributed by atoms with van der Waals surface area (Å²) in [5.41, 5.74) is 0.265. The Morgan fingerprint density at radius 3 is 1.88 bits per heavy atom. The third-order valence-electron chi connectivity index (χ3n) is 4.59. The molecule has 0 bridgehead atoms. The molecule has 5 heteroatoms. The summed E-state index contributed by atoms with van der Waals surface area (Å²) in [4.78, 5) is 25.5. The van der Waals surface area contributed by atoms with Gasteiger partial charge < -0.3 is 15.3 Å². The zero-order valence-corrected chi connectivity index (χ0v) is 13.5. The summed E-state index contributed by atoms with van der Waals surface area (Å²) in [5.74, 6) is -2.05. The van der Waals surface area contributed by atoms with E-state index in [1.54, 1.807) is 42.5 Å². The second kappa shape index (κ2) is 5.82. The van der Waals surface area contributed by atoms with E-state index in [9.17, 15) is 24.9 Å². The van der Waals surface area contributed by atoms with E-state index in [2.05, 4.69) is 0 Å². The monoisotopic (exact) mass is 346 g/mol. The Morgan fingerprint density at radius 2 is 1.27 bits per heavy atom. The molecule has 0 amide bonds. The Hall–Kier alpha value is -3.44. The van der Waals surface area contributed by atoms with Crippen LogP contribution in [0, 0.1) is 0 Å². The fourth-order valence-electron chi connectivity index (χ4n) is 3.30. The summed E-state index contributed by atoms with van der Waals surface area (Å²) < 4.78 is 0. The molecule has 1 aliphatic carbocycles. The highest BCUT2D eigenvalue weighted by atomic mass is 16.3. The summed E-state index contributed by atoms with van der Waals surface area (Å²) in [5, 5.41) is 31.6. The van der Waals surface area contributed by atoms with Gasteiger partial charge in [0.25, 0.3) is 0 Å². The van der Waals surface area contributed by atoms with Crippen molar-refractivity contribution in [1.29, 1.82) is 0 Å². The predicted molar refractivity (Wildman–Crippen MR) is 93.6 cm³/mol. The Kier molecular flexibility index (Phi) is 3.60. The first kappa shape index (κ1) is 16.1. The lowest BCUT2D eigenvalue weighted by Gasteiger charge is -2.22. The third kappa shape index (κ3) is 2.22. The van der Waals surface area contributed by atoms with Crippen molar-refractivity contribution < 1.29 is 24.9 Å². The average Bonchev–Trinajstić information content (AvgIpc) is 2.67. The van der Waals surface area contributed by atoms with E-state index >= 15 is 0 Å². The maximum Gasteiger partial charge on any atom is 0.198 e. The number of carbonyl (C=O) groups excluding carboxylic acids is 2. The lowest BCUT2D eigenvalue weighted by molar-refractivity contribution is 0.0973. The molecule has 3 N–H and O–H groups in total. The first-order valence-corrected chi connectivity index (χ1v) is 8.01. The van der Waals surface area contributed by atoms with E-state index in [1.165, 1.54) is 12.1 Å². The van der Waals surface area contributed by atoms with Crippen molar-refractivity contribution in [3.63, 3.8) is 0 Å². The molecule has 0 saturated carbocycles. The van der Waals surface area contributed by atoms with Gasteiger partial charge in [-0.25, -0.2) is 0 Å². The van der Waals surface area contributed by atoms with Gasteiger partial charge in [-0.15, -0.1) is 0 Å². The number of aromatic hydroxyl groups is 2. The van der Waals surface area contributed by atoms with Crippen LogP contribution in [-0.2, 0) is 0 Å². The number of phenols is 2. The van der Waals surface area contributed by atoms with Crippen molar-refractivity contribution in [1.82, 2.24) is 0 Å². The minimum atomic E-state index is -1.26. The molecule has 1 atom stereocenters. The fraction of sp³-hybridized carbons (Fsp3) is 0.0476. The van der Waals surface area contributed by atoms with Gasteiger partial charge in [0.2, 0.25) is 0 Å². The third-order valence-corrected chi connectivity index (χ3v) is 4.59. The number of aliphatic hydroxyl groups is 1. The number of rotatable bonds is 2. The van der Waals surface area contributed by atoms with Crippen molar-refractivity contribution >= 4 is 11.6 Å². The molecule has 1 aliphatic rings. The smallest absolute Gasteiger partial charge is 0.198 e. The van der Waals surface area contributed by atoms with Gasteiger partial charge in [0.05, 0.1) is 11.1 Å². The molecule has 4 rings (SSSR count). The van der Waals surface area contributed by atoms with E-state index < -0.39 is 29.2 Å². The van der Waals surface area contributed by atoms with Gasteiger partial charge in [0, 0.05) is 16.7 Å². The van der Waals surface area contributed by atoms with Crippen molar-refractivity contribution in [3.8, 4) is 11.5 Å². The van der Waals surface area contributed by atoms with Crippen LogP contribution in [0.4, 0.5) is 0 Å². The Labute approximate surface area is 148 Å². The molecule has 0 saturated heterocycles. The molecule has 26 heavy (non-hydrogen) atoms. The molecule has 0 aliphatic heterocycles. The van der Waals surface area contributed by atoms with E-state index in [0.29, 0.717) is 5.56 Å². The number of fused-ring (bicyclic) bond motifs is 2. The van der Waals surface area contributed by atoms with Gasteiger partial charge in [0.15, 0.2) is 11.6 Å². The topological polar surface area (TPSA) is 94.8 Å². The zero-order valence-electron chi connectivity index (χ0n) is 13.5. The SMILES string of the molecule is O=C1c2ccccc2C(=O)c2c(O)c(C(O)c3ccccc3)cc(O)c21. The van der Waals surface area contributed by atoms with Crippen LogP contribution in [0.25, 0.3) is 0 Å². The van der Waals surface area contributed by atoms with Crippen molar-refractivity contribution in [2.45, 2.75) is 6.10 Å². The lowest BCUT2D eigenvalue weighted by atomic mass is 9.81. The number of carbonyl (C=O) groups is 2. The molecule has 128 valence electrons. The van der Waals surface area contributed by atoms with Crippen LogP contribution in [0.2, 0.25) is 0 Å². The number of aliphatic hydroxyl groups excluding tert-OH is 1. The fourth-order valence-corrected chi connectivity index (χ4v) is 3.30. The Balaban J connectivity index is 1.94. The molecule has 0 radical (unpaired) electrons. The van der Waals surface area contributed by atoms with E-state index in [0.717, 1.165) is 6.07 Å². The summed E-state index contributed by atoms with van der Waals surface area (Å²) in [6.45, 7) is 0. The highest BCUT2D eigenvalue weighted by Gasteiger charge is 2.36. The van der Waals surface area contributed by atoms with Crippen LogP contribution in [0.3, 0.4) is 0 Å². The van der Waals surface area contributed by atoms with Gasteiger partial charge in [-0.2, -0.15) is 0 Å². The van der Waals surface area contributed by atoms with Crippen molar-refractivity contribution in [2.24, 2.45) is 0 Å². The molecule has 0 heterocycles. The van der Waals surface area contributed by atoms with Gasteiger partial charge in [-0.3, -0.25) is 9.59 Å². The normalized spacial score (nSPS) is 13.9. The van der Waals surface area contributed by atoms with Gasteiger partial charge in [-0.05, 0) is 11.6 Å². The highest BCUT2D eigenvalue weighted by molar-refractivity contribution is 6.30. The maximum absolute atomic E-state index is 12.8. The summed E-state index contributed by atoms with van der Waals surface area (Å²) in [6, 6.07) is 15.9. The molecule has 5 nitrogen and oxygen atoms in total. The number of benzene rings is 3. The molecular formula is C21H14O5. The highest BCUT2D eigenvalue weighted by Crippen LogP contribution is 2.42. The molecule has 0 spiro atoms. The number of ketones is 2. The molecule has 3 aromatic carbocycles. The largest absolute Gasteiger partial charge is 0.507 e. The lowest BCUT2D eigenvalue weighted by Crippen LogP contribution is -2.22. The van der Waals surface area contributed by atoms with Gasteiger partial charge >= 0.3 is 0 Å². The first-order valence-electron chi connectivity index (χ1n) is 8.01. The zero-order chi connectivity index (χ0) is 18.4. The van der Waals surface area contributed by atoms with E-state index in [4.69, 9.17) is 0 Å². The van der Waals surface area contributed by atoms with Crippen molar-refractivity contribution in [2.75, 3.05) is 0 Å². The van der Waals surface area contributed by atoms with Crippen LogP contribution < -0.4 is 0 Å². The predicted octanol–water partition coefficient (Wildman–Crippen LogP) is 2.95. The van der Waals surface area contributed by atoms with E-state index in [1.807, 2.05) is 0 Å². The van der Waals surface area contributed by atoms with Crippen LogP contribution in [0.15, 0.2) is 60.7 Å². The van der Waals surface area contributed by atoms with Crippen molar-refractivity contribution in [3.05, 3.63) is 94.0 Å². The quantitative estimate of drug-likeness (QED) is 0.485. The van der Waals surface area contributed by atoms with Gasteiger partial charge in [0.1, 0.15) is 17.6 Å². The maximum atomic E-state index is 12.8. The summed E-state index contributed by atoms with van der Waals surface area (Å²) >= 11 is 0. The van der Waals surface area contributed by atoms with Crippen LogP contribution in [-0.4, -0.2) is 26.9 Å². The summed E-state index contributed by atoms with van der Waals surface area (Å²) in [6.07, 6.45) is -1.26. The second-order valence-electron chi connectivity index (χ2n) is 6.10. The number of hydrogen-bond donors (Lipinski definition) is 3. The van der Waals surface area contributed by atoms with Gasteiger partial charge in [-0.1, -0.05) is 54.6 Å². The Morgan fingerprint density at radius 1 is 0.731 bits per heavy atom. The summed E-state index contributed by atoms with van der Waals surface area (Å²) in [7, 11) is 0. The van der Waals surface area contributed by atoms with Crippen LogP contribution >= 0.6 is 0 Å². The second-order valence-corrected chi connectivity index (χ2v) is 6.10. The number of hydrogen-bond acceptors (Lipinski definition) is 5. The molecule has 0 fully saturated rings. The standard InChI is InChI=1S/C21H14O5/c22-15-10-14(18(23)11-6-2-1-3-7-11)21(26)17-16(15)19(24)12-8-4-5-9-13(12)20(17)25/h1-10,18,22-23,26H. The van der Waals surface area contributed by atoms with E-state index in [-0.39, 0.29) is 27.8 Å². The molecular weight excluding hydrogens is 332 g/mol. The van der Waals surface area contributed by atoms with Crippen LogP contribution in [0.1, 0.15) is 49.1 Å². The molecule has 3 aromatic rings. The van der Waals surface area contributed by atoms with Crippen LogP contribution in [0.5, 0.6) is 11.5 Å². The minimum Gasteiger partial charge on any atom is -0.507 e. The Bertz CT molecular complexity index is 1050. The first-order chi connectivity index (χ1) is 12.5. The average molecular weight is 346 g/mol. The minimum absolute atomic E-state index is 0.0343. The number of phenolic OH excluding ortho intramolecular Hbond substituents is 2. The molecule has 1 unspecified atom stereocenters. The molecule has 0 aromatic heterocycles.